The van der Waals surface area contributed by atoms with Gasteiger partial charge in [0.15, 0.2) is 6.29 Å². The number of carbonyl (C=O) groups is 1. The molecule has 0 aliphatic rings. The number of rotatable bonds is 3. The van der Waals surface area contributed by atoms with Crippen LogP contribution in [-0.4, -0.2) is 6.29 Å². The average molecular weight is 292 g/mol. The third kappa shape index (κ3) is 3.05. The molecular weight excluding hydrogens is 285 g/mol. The van der Waals surface area contributed by atoms with E-state index in [2.05, 4.69) is 0 Å². The number of aldehydes is 1. The summed E-state index contributed by atoms with van der Waals surface area (Å²) in [5.74, 6) is 0.814. The largest absolute Gasteiger partial charge is 0.457 e. The van der Waals surface area contributed by atoms with Crippen molar-refractivity contribution >= 4 is 29.5 Å². The zero-order valence-electron chi connectivity index (χ0n) is 9.56. The molecule has 2 aromatic rings. The monoisotopic (exact) mass is 291 g/mol. The lowest BCUT2D eigenvalue weighted by Crippen LogP contribution is -1.91. The van der Waals surface area contributed by atoms with Gasteiger partial charge in [-0.15, -0.1) is 0 Å². The molecule has 0 fully saturated rings. The van der Waals surface area contributed by atoms with Gasteiger partial charge in [-0.3, -0.25) is 4.79 Å². The molecule has 0 spiro atoms. The number of benzene rings is 2. The van der Waals surface area contributed by atoms with Crippen molar-refractivity contribution in [2.75, 3.05) is 0 Å². The summed E-state index contributed by atoms with van der Waals surface area (Å²) < 4.78 is 5.55. The molecule has 0 bridgehead atoms. The van der Waals surface area contributed by atoms with E-state index in [9.17, 15) is 4.79 Å². The van der Waals surface area contributed by atoms with E-state index < -0.39 is 0 Å². The Bertz CT molecular complexity index is 678. The van der Waals surface area contributed by atoms with E-state index in [1.165, 1.54) is 6.07 Å². The van der Waals surface area contributed by atoms with E-state index in [4.69, 9.17) is 33.2 Å². The summed E-state index contributed by atoms with van der Waals surface area (Å²) in [6.07, 6.45) is 0.633. The Morgan fingerprint density at radius 3 is 2.53 bits per heavy atom. The summed E-state index contributed by atoms with van der Waals surface area (Å²) in [4.78, 5) is 11.0. The van der Waals surface area contributed by atoms with E-state index in [0.29, 0.717) is 39.0 Å². The maximum Gasteiger partial charge on any atom is 0.153 e. The van der Waals surface area contributed by atoms with Crippen molar-refractivity contribution in [3.05, 3.63) is 57.6 Å². The van der Waals surface area contributed by atoms with Gasteiger partial charge in [0, 0.05) is 6.07 Å². The molecule has 0 radical (unpaired) electrons. The Hall–Kier alpha value is -2.02. The standard InChI is InChI=1S/C14H7Cl2NO2/c15-12-3-2-11(6-13(12)16)19-14-4-1-9(7-17)5-10(14)8-18/h1-6,8H. The Kier molecular flexibility index (Phi) is 4.06. The fraction of sp³-hybridized carbons (Fsp3) is 0. The Morgan fingerprint density at radius 2 is 1.89 bits per heavy atom. The van der Waals surface area contributed by atoms with Crippen molar-refractivity contribution in [2.45, 2.75) is 0 Å². The van der Waals surface area contributed by atoms with E-state index >= 15 is 0 Å². The van der Waals surface area contributed by atoms with Crippen molar-refractivity contribution in [1.82, 2.24) is 0 Å². The number of nitriles is 1. The Morgan fingerprint density at radius 1 is 1.11 bits per heavy atom. The molecule has 0 N–H and O–H groups in total. The molecule has 5 heteroatoms. The number of halogens is 2. The quantitative estimate of drug-likeness (QED) is 0.784. The van der Waals surface area contributed by atoms with E-state index in [1.807, 2.05) is 6.07 Å². The average Bonchev–Trinajstić information content (AvgIpc) is 2.43. The fourth-order valence-electron chi connectivity index (χ4n) is 1.47. The number of carbonyl (C=O) groups excluding carboxylic acids is 1. The van der Waals surface area contributed by atoms with Crippen LogP contribution in [0.2, 0.25) is 10.0 Å². The lowest BCUT2D eigenvalue weighted by molar-refractivity contribution is 0.112. The van der Waals surface area contributed by atoms with Crippen LogP contribution in [-0.2, 0) is 0 Å². The summed E-state index contributed by atoms with van der Waals surface area (Å²) >= 11 is 11.7. The molecule has 0 heterocycles. The molecule has 0 atom stereocenters. The van der Waals surface area contributed by atoms with Crippen LogP contribution in [0.3, 0.4) is 0 Å². The van der Waals surface area contributed by atoms with Crippen LogP contribution in [0, 0.1) is 11.3 Å². The first-order valence-electron chi connectivity index (χ1n) is 5.26. The van der Waals surface area contributed by atoms with Crippen molar-refractivity contribution < 1.29 is 9.53 Å². The molecule has 3 nitrogen and oxygen atoms in total. The topological polar surface area (TPSA) is 50.1 Å². The number of hydrogen-bond acceptors (Lipinski definition) is 3. The van der Waals surface area contributed by atoms with Gasteiger partial charge in [0.25, 0.3) is 0 Å². The van der Waals surface area contributed by atoms with Gasteiger partial charge in [0.05, 0.1) is 27.2 Å². The third-order valence-electron chi connectivity index (χ3n) is 2.38. The van der Waals surface area contributed by atoms with Gasteiger partial charge in [-0.1, -0.05) is 23.2 Å². The van der Waals surface area contributed by atoms with E-state index in [-0.39, 0.29) is 0 Å². The second-order valence-electron chi connectivity index (χ2n) is 3.66. The first kappa shape index (κ1) is 13.4. The SMILES string of the molecule is N#Cc1ccc(Oc2ccc(Cl)c(Cl)c2)c(C=O)c1. The molecule has 0 aliphatic carbocycles. The van der Waals surface area contributed by atoms with Crippen LogP contribution in [0.1, 0.15) is 15.9 Å². The highest BCUT2D eigenvalue weighted by Gasteiger charge is 2.07. The molecule has 19 heavy (non-hydrogen) atoms. The Labute approximate surface area is 119 Å². The van der Waals surface area contributed by atoms with E-state index in [1.54, 1.807) is 30.3 Å². The summed E-state index contributed by atoms with van der Waals surface area (Å²) in [6.45, 7) is 0. The van der Waals surface area contributed by atoms with Crippen LogP contribution in [0.4, 0.5) is 0 Å². The van der Waals surface area contributed by atoms with Crippen LogP contribution in [0.5, 0.6) is 11.5 Å². The van der Waals surface area contributed by atoms with Gasteiger partial charge in [0.1, 0.15) is 11.5 Å². The molecule has 0 aliphatic heterocycles. The minimum Gasteiger partial charge on any atom is -0.457 e. The highest BCUT2D eigenvalue weighted by Crippen LogP contribution is 2.30. The van der Waals surface area contributed by atoms with Crippen LogP contribution in [0.15, 0.2) is 36.4 Å². The lowest BCUT2D eigenvalue weighted by Gasteiger charge is -2.08. The zero-order chi connectivity index (χ0) is 13.8. The maximum absolute atomic E-state index is 11.0. The van der Waals surface area contributed by atoms with Gasteiger partial charge < -0.3 is 4.74 Å². The van der Waals surface area contributed by atoms with Gasteiger partial charge >= 0.3 is 0 Å². The Balaban J connectivity index is 2.35. The van der Waals surface area contributed by atoms with Crippen molar-refractivity contribution in [3.63, 3.8) is 0 Å². The van der Waals surface area contributed by atoms with Gasteiger partial charge in [-0.2, -0.15) is 5.26 Å². The second-order valence-corrected chi connectivity index (χ2v) is 4.47. The number of ether oxygens (including phenoxy) is 1. The number of nitrogens with zero attached hydrogens (tertiary/aromatic N) is 1. The fourth-order valence-corrected chi connectivity index (χ4v) is 1.76. The zero-order valence-corrected chi connectivity index (χ0v) is 11.1. The molecule has 2 aromatic carbocycles. The predicted molar refractivity (Wildman–Crippen MR) is 73.1 cm³/mol. The van der Waals surface area contributed by atoms with Crippen molar-refractivity contribution in [3.8, 4) is 17.6 Å². The van der Waals surface area contributed by atoms with Crippen LogP contribution < -0.4 is 4.74 Å². The smallest absolute Gasteiger partial charge is 0.153 e. The minimum absolute atomic E-state index is 0.296. The summed E-state index contributed by atoms with van der Waals surface area (Å²) in [5.41, 5.74) is 0.689. The third-order valence-corrected chi connectivity index (χ3v) is 3.12. The molecule has 0 saturated heterocycles. The highest BCUT2D eigenvalue weighted by molar-refractivity contribution is 6.42. The first-order valence-corrected chi connectivity index (χ1v) is 6.02. The van der Waals surface area contributed by atoms with Crippen molar-refractivity contribution in [1.29, 1.82) is 5.26 Å². The second kappa shape index (κ2) is 5.75. The van der Waals surface area contributed by atoms with Gasteiger partial charge in [0.2, 0.25) is 0 Å². The van der Waals surface area contributed by atoms with E-state index in [0.717, 1.165) is 0 Å². The van der Waals surface area contributed by atoms with Crippen molar-refractivity contribution in [2.24, 2.45) is 0 Å². The summed E-state index contributed by atoms with van der Waals surface area (Å²) in [5, 5.41) is 9.55. The molecule has 94 valence electrons. The predicted octanol–water partition coefficient (Wildman–Crippen LogP) is 4.47. The number of hydrogen-bond donors (Lipinski definition) is 0. The molecule has 0 amide bonds. The van der Waals surface area contributed by atoms with Gasteiger partial charge in [-0.25, -0.2) is 0 Å². The molecule has 0 unspecified atom stereocenters. The molecular formula is C14H7Cl2NO2. The normalized spacial score (nSPS) is 9.74. The van der Waals surface area contributed by atoms with Crippen LogP contribution in [0.25, 0.3) is 0 Å². The maximum atomic E-state index is 11.0. The molecule has 0 saturated carbocycles. The van der Waals surface area contributed by atoms with Gasteiger partial charge in [-0.05, 0) is 30.3 Å². The summed E-state index contributed by atoms with van der Waals surface area (Å²) in [6, 6.07) is 11.3. The highest BCUT2D eigenvalue weighted by atomic mass is 35.5. The lowest BCUT2D eigenvalue weighted by atomic mass is 10.1. The first-order chi connectivity index (χ1) is 9.13. The minimum atomic E-state index is 0.296. The summed E-state index contributed by atoms with van der Waals surface area (Å²) in [7, 11) is 0. The molecule has 0 aromatic heterocycles. The molecule has 2 rings (SSSR count). The van der Waals surface area contributed by atoms with Crippen LogP contribution >= 0.6 is 23.2 Å².